The highest BCUT2D eigenvalue weighted by Gasteiger charge is 2.22. The van der Waals surface area contributed by atoms with Gasteiger partial charge in [0.1, 0.15) is 22.8 Å². The molecular formula is C18H18N4O6. The second kappa shape index (κ2) is 7.06. The number of hydrogen-bond acceptors (Lipinski definition) is 7. The zero-order chi connectivity index (χ0) is 20.6. The normalized spacial score (nSPS) is 10.8. The summed E-state index contributed by atoms with van der Waals surface area (Å²) in [5, 5.41) is 0.759. The third-order valence-corrected chi connectivity index (χ3v) is 4.37. The Morgan fingerprint density at radius 1 is 1.14 bits per heavy atom. The maximum Gasteiger partial charge on any atom is 0.355 e. The van der Waals surface area contributed by atoms with Crippen molar-refractivity contribution in [2.45, 2.75) is 0 Å². The molecule has 3 aromatic rings. The van der Waals surface area contributed by atoms with Gasteiger partial charge in [-0.25, -0.2) is 9.59 Å². The fourth-order valence-corrected chi connectivity index (χ4v) is 2.75. The summed E-state index contributed by atoms with van der Waals surface area (Å²) in [6, 6.07) is 6.79. The summed E-state index contributed by atoms with van der Waals surface area (Å²) >= 11 is 0. The molecule has 3 N–H and O–H groups in total. The molecule has 0 fully saturated rings. The first-order valence-corrected chi connectivity index (χ1v) is 8.17. The van der Waals surface area contributed by atoms with Crippen LogP contribution < -0.4 is 21.7 Å². The van der Waals surface area contributed by atoms with Crippen LogP contribution in [0.25, 0.3) is 10.9 Å². The number of ether oxygens (including phenoxy) is 2. The molecule has 0 bridgehead atoms. The Balaban J connectivity index is 1.81. The number of fused-ring (bicyclic) bond motifs is 1. The van der Waals surface area contributed by atoms with Gasteiger partial charge in [-0.2, -0.15) is 0 Å². The first-order valence-electron chi connectivity index (χ1n) is 8.17. The number of hydrogen-bond donors (Lipinski definition) is 2. The number of benzene rings is 1. The van der Waals surface area contributed by atoms with Crippen LogP contribution in [0.4, 0.5) is 5.82 Å². The molecule has 28 heavy (non-hydrogen) atoms. The molecule has 0 spiro atoms. The molecule has 0 saturated heterocycles. The SMILES string of the molecule is COc1ccc2cc(C(=O)OCC(=O)c3c(N)n(C)c(=O)n(C)c3=O)[nH]c2c1. The van der Waals surface area contributed by atoms with Crippen molar-refractivity contribution in [1.29, 1.82) is 0 Å². The highest BCUT2D eigenvalue weighted by atomic mass is 16.5. The number of ketones is 1. The van der Waals surface area contributed by atoms with E-state index in [0.29, 0.717) is 11.3 Å². The van der Waals surface area contributed by atoms with E-state index in [-0.39, 0.29) is 11.5 Å². The minimum atomic E-state index is -0.848. The number of anilines is 1. The van der Waals surface area contributed by atoms with Crippen LogP contribution in [-0.4, -0.2) is 39.6 Å². The number of nitrogens with one attached hydrogen (secondary N) is 1. The van der Waals surface area contributed by atoms with Crippen LogP contribution in [0.2, 0.25) is 0 Å². The third-order valence-electron chi connectivity index (χ3n) is 4.37. The van der Waals surface area contributed by atoms with Gasteiger partial charge in [0.15, 0.2) is 6.61 Å². The zero-order valence-corrected chi connectivity index (χ0v) is 15.4. The monoisotopic (exact) mass is 386 g/mol. The molecule has 146 valence electrons. The number of aromatic amines is 1. The smallest absolute Gasteiger partial charge is 0.355 e. The lowest BCUT2D eigenvalue weighted by atomic mass is 10.2. The van der Waals surface area contributed by atoms with Crippen molar-refractivity contribution in [2.24, 2.45) is 14.1 Å². The first kappa shape index (κ1) is 19.0. The number of H-pyrrole nitrogens is 1. The standard InChI is InChI=1S/C18H18N4O6/c1-21-15(19)14(16(24)22(2)18(21)26)13(23)8-28-17(25)12-6-9-4-5-10(27-3)7-11(9)20-12/h4-7,20H,8,19H2,1-3H3. The number of rotatable bonds is 5. The highest BCUT2D eigenvalue weighted by Crippen LogP contribution is 2.21. The number of carbonyl (C=O) groups excluding carboxylic acids is 2. The quantitative estimate of drug-likeness (QED) is 0.472. The fourth-order valence-electron chi connectivity index (χ4n) is 2.75. The third kappa shape index (κ3) is 3.15. The average molecular weight is 386 g/mol. The summed E-state index contributed by atoms with van der Waals surface area (Å²) in [6.45, 7) is -0.699. The molecule has 0 aliphatic rings. The number of carbonyl (C=O) groups is 2. The summed E-state index contributed by atoms with van der Waals surface area (Å²) in [4.78, 5) is 51.5. The summed E-state index contributed by atoms with van der Waals surface area (Å²) in [5.74, 6) is -1.25. The Morgan fingerprint density at radius 3 is 2.54 bits per heavy atom. The van der Waals surface area contributed by atoms with E-state index in [1.165, 1.54) is 21.2 Å². The molecule has 0 unspecified atom stereocenters. The van der Waals surface area contributed by atoms with Gasteiger partial charge >= 0.3 is 11.7 Å². The average Bonchev–Trinajstić information content (AvgIpc) is 3.12. The van der Waals surface area contributed by atoms with Gasteiger partial charge in [0.25, 0.3) is 5.56 Å². The second-order valence-corrected chi connectivity index (χ2v) is 6.10. The van der Waals surface area contributed by atoms with E-state index in [1.54, 1.807) is 24.3 Å². The summed E-state index contributed by atoms with van der Waals surface area (Å²) in [6.07, 6.45) is 0. The Labute approximate surface area is 158 Å². The van der Waals surface area contributed by atoms with Crippen molar-refractivity contribution < 1.29 is 19.1 Å². The molecule has 0 saturated carbocycles. The van der Waals surface area contributed by atoms with Gasteiger partial charge in [-0.05, 0) is 18.2 Å². The van der Waals surface area contributed by atoms with Gasteiger partial charge in [0.2, 0.25) is 5.78 Å². The lowest BCUT2D eigenvalue weighted by Gasteiger charge is -2.10. The minimum Gasteiger partial charge on any atom is -0.497 e. The van der Waals surface area contributed by atoms with Gasteiger partial charge in [-0.3, -0.25) is 18.7 Å². The number of nitrogens with zero attached hydrogens (tertiary/aromatic N) is 2. The summed E-state index contributed by atoms with van der Waals surface area (Å²) < 4.78 is 11.9. The maximum absolute atomic E-state index is 12.4. The van der Waals surface area contributed by atoms with Crippen molar-refractivity contribution in [3.63, 3.8) is 0 Å². The predicted octanol–water partition coefficient (Wildman–Crippen LogP) is 0.196. The Hall–Kier alpha value is -3.82. The lowest BCUT2D eigenvalue weighted by molar-refractivity contribution is 0.0469. The molecule has 0 aliphatic carbocycles. The maximum atomic E-state index is 12.4. The number of aromatic nitrogens is 3. The topological polar surface area (TPSA) is 138 Å². The van der Waals surface area contributed by atoms with E-state index in [2.05, 4.69) is 4.98 Å². The van der Waals surface area contributed by atoms with Crippen molar-refractivity contribution in [1.82, 2.24) is 14.1 Å². The largest absolute Gasteiger partial charge is 0.497 e. The number of nitrogen functional groups attached to an aromatic ring is 1. The van der Waals surface area contributed by atoms with Crippen LogP contribution in [-0.2, 0) is 18.8 Å². The number of Topliss-reactive ketones (excluding diaryl/α,β-unsaturated/α-hetero) is 1. The van der Waals surface area contributed by atoms with E-state index in [0.717, 1.165) is 14.5 Å². The van der Waals surface area contributed by atoms with Gasteiger partial charge in [0, 0.05) is 31.1 Å². The van der Waals surface area contributed by atoms with Crippen molar-refractivity contribution in [2.75, 3.05) is 19.5 Å². The molecule has 0 atom stereocenters. The van der Waals surface area contributed by atoms with Gasteiger partial charge in [-0.1, -0.05) is 0 Å². The van der Waals surface area contributed by atoms with Crippen LogP contribution in [0.15, 0.2) is 33.9 Å². The Bertz CT molecular complexity index is 1220. The van der Waals surface area contributed by atoms with Crippen LogP contribution in [0, 0.1) is 0 Å². The van der Waals surface area contributed by atoms with E-state index >= 15 is 0 Å². The molecule has 0 aliphatic heterocycles. The van der Waals surface area contributed by atoms with Crippen LogP contribution in [0.1, 0.15) is 20.8 Å². The van der Waals surface area contributed by atoms with Crippen LogP contribution >= 0.6 is 0 Å². The highest BCUT2D eigenvalue weighted by molar-refractivity contribution is 6.02. The van der Waals surface area contributed by atoms with Crippen LogP contribution in [0.3, 0.4) is 0 Å². The van der Waals surface area contributed by atoms with Crippen LogP contribution in [0.5, 0.6) is 5.75 Å². The van der Waals surface area contributed by atoms with Crippen molar-refractivity contribution in [3.05, 3.63) is 56.4 Å². The zero-order valence-electron chi connectivity index (χ0n) is 15.4. The van der Waals surface area contributed by atoms with E-state index in [1.807, 2.05) is 0 Å². The summed E-state index contributed by atoms with van der Waals surface area (Å²) in [7, 11) is 4.09. The molecule has 0 amide bonds. The predicted molar refractivity (Wildman–Crippen MR) is 101 cm³/mol. The van der Waals surface area contributed by atoms with Gasteiger partial charge in [0.05, 0.1) is 7.11 Å². The molecule has 2 aromatic heterocycles. The van der Waals surface area contributed by atoms with Gasteiger partial charge in [-0.15, -0.1) is 0 Å². The molecule has 10 nitrogen and oxygen atoms in total. The number of esters is 1. The summed E-state index contributed by atoms with van der Waals surface area (Å²) in [5.41, 5.74) is 4.60. The molecule has 3 rings (SSSR count). The van der Waals surface area contributed by atoms with Crippen molar-refractivity contribution >= 4 is 28.5 Å². The molecule has 10 heteroatoms. The molecule has 0 radical (unpaired) electrons. The second-order valence-electron chi connectivity index (χ2n) is 6.10. The van der Waals surface area contributed by atoms with E-state index < -0.39 is 35.2 Å². The molecule has 1 aromatic carbocycles. The molecular weight excluding hydrogens is 368 g/mol. The number of methoxy groups -OCH3 is 1. The molecule has 2 heterocycles. The fraction of sp³-hybridized carbons (Fsp3) is 0.222. The van der Waals surface area contributed by atoms with E-state index in [4.69, 9.17) is 15.2 Å². The van der Waals surface area contributed by atoms with Crippen molar-refractivity contribution in [3.8, 4) is 5.75 Å². The first-order chi connectivity index (χ1) is 13.2. The lowest BCUT2D eigenvalue weighted by Crippen LogP contribution is -2.42. The Kier molecular flexibility index (Phi) is 4.78. The number of nitrogens with two attached hydrogens (primary N) is 1. The Morgan fingerprint density at radius 2 is 1.86 bits per heavy atom. The van der Waals surface area contributed by atoms with Gasteiger partial charge < -0.3 is 20.2 Å². The van der Waals surface area contributed by atoms with E-state index in [9.17, 15) is 19.2 Å². The minimum absolute atomic E-state index is 0.136.